The van der Waals surface area contributed by atoms with Crippen LogP contribution in [0.25, 0.3) is 0 Å². The van der Waals surface area contributed by atoms with Crippen LogP contribution >= 0.6 is 0 Å². The average Bonchev–Trinajstić information content (AvgIpc) is 1.95. The van der Waals surface area contributed by atoms with Gasteiger partial charge in [0.1, 0.15) is 0 Å². The second-order valence-electron chi connectivity index (χ2n) is 1.38. The van der Waals surface area contributed by atoms with Crippen LogP contribution in [0, 0.1) is 44.9 Å². The molecule has 0 bridgehead atoms. The Morgan fingerprint density at radius 3 is 0.900 bits per heavy atom. The van der Waals surface area contributed by atoms with Gasteiger partial charge in [-0.2, -0.15) is 0 Å². The number of nitriles is 4. The van der Waals surface area contributed by atoms with Crippen LogP contribution in [0.4, 0.5) is 0 Å². The third kappa shape index (κ3) is 1.81. The smallest absolute Gasteiger partial charge is 0.245 e. The molecular formula is C4BCuN4. The zero-order valence-electron chi connectivity index (χ0n) is 4.67. The van der Waals surface area contributed by atoms with Gasteiger partial charge in [-0.1, -0.05) is 0 Å². The first-order valence-electron chi connectivity index (χ1n) is 2.05. The van der Waals surface area contributed by atoms with Crippen molar-refractivity contribution in [3.05, 3.63) is 0 Å². The molecule has 0 heterocycles. The SMILES string of the molecule is N#C[B-](C#N)(C#N)C#N.[Cu+]. The Balaban J connectivity index is 0. The molecule has 0 saturated heterocycles. The second kappa shape index (κ2) is 4.43. The minimum atomic E-state index is -2.72. The van der Waals surface area contributed by atoms with E-state index in [1.807, 2.05) is 0 Å². The van der Waals surface area contributed by atoms with E-state index in [-0.39, 0.29) is 17.1 Å². The molecule has 0 atom stereocenters. The molecule has 0 rings (SSSR count). The van der Waals surface area contributed by atoms with Crippen LogP contribution in [0.1, 0.15) is 0 Å². The first-order chi connectivity index (χ1) is 4.24. The van der Waals surface area contributed by atoms with Gasteiger partial charge >= 0.3 is 23.2 Å². The van der Waals surface area contributed by atoms with E-state index in [4.69, 9.17) is 21.0 Å². The predicted molar refractivity (Wildman–Crippen MR) is 28.2 cm³/mol. The van der Waals surface area contributed by atoms with Gasteiger partial charge in [-0.15, -0.1) is 23.9 Å². The fraction of sp³-hybridized carbons (Fsp3) is 0. The summed E-state index contributed by atoms with van der Waals surface area (Å²) in [7, 11) is 0. The van der Waals surface area contributed by atoms with Gasteiger partial charge in [0.25, 0.3) is 0 Å². The molecule has 0 N–H and O–H groups in total. The third-order valence-corrected chi connectivity index (χ3v) is 0.775. The topological polar surface area (TPSA) is 95.2 Å². The van der Waals surface area contributed by atoms with Crippen LogP contribution in [-0.4, -0.2) is 6.15 Å². The Bertz CT molecular complexity index is 210. The normalized spacial score (nSPS) is 6.80. The van der Waals surface area contributed by atoms with Gasteiger partial charge in [0, 0.05) is 0 Å². The van der Waals surface area contributed by atoms with Crippen LogP contribution in [-0.2, 0) is 17.1 Å². The molecular weight excluding hydrogens is 178 g/mol. The predicted octanol–water partition coefficient (Wildman–Crippen LogP) is -0.316. The largest absolute Gasteiger partial charge is 1.00 e. The van der Waals surface area contributed by atoms with E-state index in [2.05, 4.69) is 0 Å². The molecule has 0 spiro atoms. The van der Waals surface area contributed by atoms with Crippen LogP contribution < -0.4 is 0 Å². The van der Waals surface area contributed by atoms with Gasteiger partial charge in [-0.3, -0.25) is 0 Å². The van der Waals surface area contributed by atoms with Gasteiger partial charge in [-0.25, -0.2) is 21.0 Å². The van der Waals surface area contributed by atoms with E-state index in [9.17, 15) is 0 Å². The van der Waals surface area contributed by atoms with Crippen LogP contribution in [0.2, 0.25) is 0 Å². The Labute approximate surface area is 68.7 Å². The molecule has 0 radical (unpaired) electrons. The van der Waals surface area contributed by atoms with E-state index in [1.54, 1.807) is 0 Å². The van der Waals surface area contributed by atoms with Crippen molar-refractivity contribution in [3.63, 3.8) is 0 Å². The molecule has 0 aliphatic rings. The van der Waals surface area contributed by atoms with E-state index >= 15 is 0 Å². The van der Waals surface area contributed by atoms with Gasteiger partial charge in [0.2, 0.25) is 0 Å². The first-order valence-corrected chi connectivity index (χ1v) is 2.05. The minimum absolute atomic E-state index is 0. The van der Waals surface area contributed by atoms with Crippen molar-refractivity contribution >= 4 is 6.15 Å². The van der Waals surface area contributed by atoms with Crippen molar-refractivity contribution in [3.8, 4) is 23.9 Å². The Morgan fingerprint density at radius 2 is 0.900 bits per heavy atom. The summed E-state index contributed by atoms with van der Waals surface area (Å²) < 4.78 is 0. The summed E-state index contributed by atoms with van der Waals surface area (Å²) in [5.74, 6) is 5.38. The van der Waals surface area contributed by atoms with Crippen LogP contribution in [0.5, 0.6) is 0 Å². The number of nitrogens with zero attached hydrogens (tertiary/aromatic N) is 4. The average molecular weight is 178 g/mol. The Kier molecular flexibility index (Phi) is 5.03. The summed E-state index contributed by atoms with van der Waals surface area (Å²) in [4.78, 5) is 0. The molecule has 0 aliphatic carbocycles. The minimum Gasteiger partial charge on any atom is -0.245 e. The van der Waals surface area contributed by atoms with Crippen LogP contribution in [0.15, 0.2) is 0 Å². The molecule has 0 saturated carbocycles. The third-order valence-electron chi connectivity index (χ3n) is 0.775. The quantitative estimate of drug-likeness (QED) is 0.475. The second-order valence-corrected chi connectivity index (χ2v) is 1.38. The number of rotatable bonds is 0. The summed E-state index contributed by atoms with van der Waals surface area (Å²) in [6.07, 6.45) is -2.72. The fourth-order valence-electron chi connectivity index (χ4n) is 0.173. The fourth-order valence-corrected chi connectivity index (χ4v) is 0.173. The van der Waals surface area contributed by atoms with E-state index < -0.39 is 6.15 Å². The van der Waals surface area contributed by atoms with Crippen molar-refractivity contribution in [2.45, 2.75) is 0 Å². The van der Waals surface area contributed by atoms with Crippen molar-refractivity contribution in [2.75, 3.05) is 0 Å². The summed E-state index contributed by atoms with van der Waals surface area (Å²) in [5, 5.41) is 32.3. The van der Waals surface area contributed by atoms with Crippen molar-refractivity contribution in [1.82, 2.24) is 0 Å². The molecule has 6 heteroatoms. The summed E-state index contributed by atoms with van der Waals surface area (Å²) in [5.41, 5.74) is 0. The molecule has 0 aromatic heterocycles. The van der Waals surface area contributed by atoms with E-state index in [1.165, 1.54) is 23.9 Å². The number of hydrogen-bond donors (Lipinski definition) is 0. The zero-order chi connectivity index (χ0) is 7.33. The van der Waals surface area contributed by atoms with Gasteiger partial charge in [0.05, 0.1) is 0 Å². The molecule has 0 fully saturated rings. The van der Waals surface area contributed by atoms with Crippen molar-refractivity contribution in [2.24, 2.45) is 0 Å². The van der Waals surface area contributed by atoms with Gasteiger partial charge < -0.3 is 0 Å². The maximum atomic E-state index is 8.09. The molecule has 4 nitrogen and oxygen atoms in total. The first kappa shape index (κ1) is 11.4. The molecule has 50 valence electrons. The monoisotopic (exact) mass is 178 g/mol. The van der Waals surface area contributed by atoms with Gasteiger partial charge in [0.15, 0.2) is 0 Å². The standard InChI is InChI=1S/C4BN4.Cu/c6-1-5(2-7,3-8)4-9;/q-1;+1. The summed E-state index contributed by atoms with van der Waals surface area (Å²) in [6, 6.07) is 0. The number of hydrogen-bond acceptors (Lipinski definition) is 4. The maximum Gasteiger partial charge on any atom is 1.00 e. The molecule has 0 aliphatic heterocycles. The molecule has 10 heavy (non-hydrogen) atoms. The zero-order valence-corrected chi connectivity index (χ0v) is 5.61. The molecule has 0 unspecified atom stereocenters. The van der Waals surface area contributed by atoms with Gasteiger partial charge in [-0.05, 0) is 0 Å². The Hall–Kier alpha value is -1.46. The van der Waals surface area contributed by atoms with E-state index in [0.717, 1.165) is 0 Å². The Morgan fingerprint density at radius 1 is 0.700 bits per heavy atom. The molecule has 0 aromatic carbocycles. The van der Waals surface area contributed by atoms with Crippen molar-refractivity contribution < 1.29 is 17.1 Å². The van der Waals surface area contributed by atoms with Crippen molar-refractivity contribution in [1.29, 1.82) is 21.0 Å². The summed E-state index contributed by atoms with van der Waals surface area (Å²) >= 11 is 0. The maximum absolute atomic E-state index is 8.09. The summed E-state index contributed by atoms with van der Waals surface area (Å²) in [6.45, 7) is 0. The van der Waals surface area contributed by atoms with Crippen LogP contribution in [0.3, 0.4) is 0 Å². The van der Waals surface area contributed by atoms with E-state index in [0.29, 0.717) is 0 Å². The molecule has 0 amide bonds. The molecule has 0 aromatic rings.